The second-order valence-corrected chi connectivity index (χ2v) is 6.50. The summed E-state index contributed by atoms with van der Waals surface area (Å²) in [4.78, 5) is 20.5. The van der Waals surface area contributed by atoms with Crippen LogP contribution in [0.4, 0.5) is 5.69 Å². The SMILES string of the molecule is CCCCCN(C(=O)c1sc2ncccc2c1N)C(C)C. The number of unbranched alkanes of at least 4 members (excludes halogenated alkanes) is 2. The van der Waals surface area contributed by atoms with Gasteiger partial charge in [0.25, 0.3) is 5.91 Å². The molecule has 0 atom stereocenters. The smallest absolute Gasteiger partial charge is 0.266 e. The zero-order valence-electron chi connectivity index (χ0n) is 12.9. The number of rotatable bonds is 6. The molecule has 1 amide bonds. The molecule has 0 aromatic carbocycles. The van der Waals surface area contributed by atoms with Crippen molar-refractivity contribution < 1.29 is 4.79 Å². The zero-order valence-corrected chi connectivity index (χ0v) is 13.7. The molecular weight excluding hydrogens is 282 g/mol. The first-order valence-electron chi connectivity index (χ1n) is 7.50. The first-order chi connectivity index (χ1) is 10.1. The van der Waals surface area contributed by atoms with Gasteiger partial charge in [-0.3, -0.25) is 4.79 Å². The van der Waals surface area contributed by atoms with Gasteiger partial charge in [0.1, 0.15) is 9.71 Å². The van der Waals surface area contributed by atoms with Gasteiger partial charge in [0.2, 0.25) is 0 Å². The lowest BCUT2D eigenvalue weighted by Crippen LogP contribution is -2.37. The maximum atomic E-state index is 12.8. The summed E-state index contributed by atoms with van der Waals surface area (Å²) in [6.07, 6.45) is 5.05. The van der Waals surface area contributed by atoms with E-state index in [2.05, 4.69) is 11.9 Å². The molecule has 0 bridgehead atoms. The molecule has 0 radical (unpaired) electrons. The van der Waals surface area contributed by atoms with Crippen LogP contribution in [0.3, 0.4) is 0 Å². The summed E-state index contributed by atoms with van der Waals surface area (Å²) in [6.45, 7) is 7.04. The van der Waals surface area contributed by atoms with Crippen molar-refractivity contribution in [3.8, 4) is 0 Å². The summed E-state index contributed by atoms with van der Waals surface area (Å²) in [6, 6.07) is 3.94. The summed E-state index contributed by atoms with van der Waals surface area (Å²) in [5.41, 5.74) is 6.72. The minimum absolute atomic E-state index is 0.0293. The number of carbonyl (C=O) groups excluding carboxylic acids is 1. The molecule has 2 heterocycles. The van der Waals surface area contributed by atoms with Crippen LogP contribution in [0.15, 0.2) is 18.3 Å². The van der Waals surface area contributed by atoms with Crippen LogP contribution in [0.5, 0.6) is 0 Å². The van der Waals surface area contributed by atoms with Crippen molar-refractivity contribution in [2.45, 2.75) is 46.1 Å². The highest BCUT2D eigenvalue weighted by atomic mass is 32.1. The van der Waals surface area contributed by atoms with Crippen molar-refractivity contribution in [2.24, 2.45) is 0 Å². The topological polar surface area (TPSA) is 59.2 Å². The fourth-order valence-electron chi connectivity index (χ4n) is 2.37. The Bertz CT molecular complexity index is 621. The van der Waals surface area contributed by atoms with E-state index in [1.165, 1.54) is 11.3 Å². The number of thiophene rings is 1. The average Bonchev–Trinajstić information content (AvgIpc) is 2.80. The summed E-state index contributed by atoms with van der Waals surface area (Å²) < 4.78 is 0. The van der Waals surface area contributed by atoms with Crippen LogP contribution in [0.25, 0.3) is 10.2 Å². The number of carbonyl (C=O) groups is 1. The Morgan fingerprint density at radius 3 is 2.81 bits per heavy atom. The summed E-state index contributed by atoms with van der Waals surface area (Å²) in [5.74, 6) is 0.0293. The standard InChI is InChI=1S/C16H23N3OS/c1-4-5-6-10-19(11(2)3)16(20)14-13(17)12-8-7-9-18-15(12)21-14/h7-9,11H,4-6,10,17H2,1-3H3. The van der Waals surface area contributed by atoms with Crippen LogP contribution in [0.2, 0.25) is 0 Å². The van der Waals surface area contributed by atoms with Gasteiger partial charge >= 0.3 is 0 Å². The fourth-order valence-corrected chi connectivity index (χ4v) is 3.39. The molecule has 2 N–H and O–H groups in total. The van der Waals surface area contributed by atoms with Gasteiger partial charge in [-0.2, -0.15) is 0 Å². The third kappa shape index (κ3) is 3.35. The van der Waals surface area contributed by atoms with E-state index >= 15 is 0 Å². The van der Waals surface area contributed by atoms with Crippen molar-refractivity contribution >= 4 is 33.1 Å². The van der Waals surface area contributed by atoms with E-state index < -0.39 is 0 Å². The molecule has 0 unspecified atom stereocenters. The van der Waals surface area contributed by atoms with Crippen LogP contribution < -0.4 is 5.73 Å². The van der Waals surface area contributed by atoms with Crippen LogP contribution in [-0.4, -0.2) is 28.4 Å². The first kappa shape index (κ1) is 15.8. The van der Waals surface area contributed by atoms with E-state index in [1.807, 2.05) is 30.9 Å². The second kappa shape index (κ2) is 6.89. The minimum atomic E-state index is 0.0293. The van der Waals surface area contributed by atoms with E-state index in [-0.39, 0.29) is 11.9 Å². The Morgan fingerprint density at radius 1 is 1.43 bits per heavy atom. The van der Waals surface area contributed by atoms with Crippen molar-refractivity contribution in [3.05, 3.63) is 23.2 Å². The Hall–Kier alpha value is -1.62. The molecule has 0 aliphatic rings. The fraction of sp³-hybridized carbons (Fsp3) is 0.500. The van der Waals surface area contributed by atoms with Gasteiger partial charge in [-0.25, -0.2) is 4.98 Å². The Morgan fingerprint density at radius 2 is 2.19 bits per heavy atom. The lowest BCUT2D eigenvalue weighted by molar-refractivity contribution is 0.0708. The molecule has 0 aliphatic heterocycles. The van der Waals surface area contributed by atoms with Crippen LogP contribution in [-0.2, 0) is 0 Å². The molecule has 21 heavy (non-hydrogen) atoms. The minimum Gasteiger partial charge on any atom is -0.397 e. The summed E-state index contributed by atoms with van der Waals surface area (Å²) in [7, 11) is 0. The van der Waals surface area contributed by atoms with Gasteiger partial charge in [-0.05, 0) is 32.4 Å². The van der Waals surface area contributed by atoms with Crippen molar-refractivity contribution in [1.82, 2.24) is 9.88 Å². The molecule has 2 aromatic rings. The first-order valence-corrected chi connectivity index (χ1v) is 8.31. The van der Waals surface area contributed by atoms with Gasteiger partial charge in [0, 0.05) is 24.2 Å². The summed E-state index contributed by atoms with van der Waals surface area (Å²) >= 11 is 1.39. The Kier molecular flexibility index (Phi) is 5.17. The number of aromatic nitrogens is 1. The predicted molar refractivity (Wildman–Crippen MR) is 89.7 cm³/mol. The molecule has 2 rings (SSSR count). The molecule has 0 saturated heterocycles. The molecule has 0 spiro atoms. The quantitative estimate of drug-likeness (QED) is 0.823. The van der Waals surface area contributed by atoms with Gasteiger partial charge in [-0.1, -0.05) is 19.8 Å². The highest BCUT2D eigenvalue weighted by molar-refractivity contribution is 7.21. The number of hydrogen-bond donors (Lipinski definition) is 1. The van der Waals surface area contributed by atoms with E-state index in [9.17, 15) is 4.79 Å². The van der Waals surface area contributed by atoms with E-state index in [1.54, 1.807) is 6.20 Å². The predicted octanol–water partition coefficient (Wildman–Crippen LogP) is 3.92. The van der Waals surface area contributed by atoms with Crippen molar-refractivity contribution in [2.75, 3.05) is 12.3 Å². The lowest BCUT2D eigenvalue weighted by Gasteiger charge is -2.26. The third-order valence-electron chi connectivity index (χ3n) is 3.59. The van der Waals surface area contributed by atoms with Crippen LogP contribution >= 0.6 is 11.3 Å². The largest absolute Gasteiger partial charge is 0.397 e. The van der Waals surface area contributed by atoms with E-state index in [4.69, 9.17) is 5.73 Å². The number of anilines is 1. The van der Waals surface area contributed by atoms with Gasteiger partial charge in [-0.15, -0.1) is 11.3 Å². The third-order valence-corrected chi connectivity index (χ3v) is 4.70. The van der Waals surface area contributed by atoms with Crippen LogP contribution in [0, 0.1) is 0 Å². The molecule has 0 saturated carbocycles. The second-order valence-electron chi connectivity index (χ2n) is 5.50. The Balaban J connectivity index is 2.28. The number of fused-ring (bicyclic) bond motifs is 1. The normalized spacial score (nSPS) is 11.2. The molecule has 0 aliphatic carbocycles. The van der Waals surface area contributed by atoms with Gasteiger partial charge < -0.3 is 10.6 Å². The van der Waals surface area contributed by atoms with Gasteiger partial charge in [0.15, 0.2) is 0 Å². The number of amides is 1. The van der Waals surface area contributed by atoms with Crippen molar-refractivity contribution in [1.29, 1.82) is 0 Å². The van der Waals surface area contributed by atoms with E-state index in [0.29, 0.717) is 10.6 Å². The zero-order chi connectivity index (χ0) is 15.4. The Labute approximate surface area is 130 Å². The van der Waals surface area contributed by atoms with E-state index in [0.717, 1.165) is 36.0 Å². The molecular formula is C16H23N3OS. The molecule has 2 aromatic heterocycles. The maximum absolute atomic E-state index is 12.8. The number of nitrogens with two attached hydrogens (primary N) is 1. The average molecular weight is 305 g/mol. The number of nitrogen functional groups attached to an aromatic ring is 1. The van der Waals surface area contributed by atoms with Crippen LogP contribution in [0.1, 0.15) is 49.7 Å². The molecule has 0 fully saturated rings. The number of pyridine rings is 1. The van der Waals surface area contributed by atoms with Gasteiger partial charge in [0.05, 0.1) is 5.69 Å². The number of nitrogens with zero attached hydrogens (tertiary/aromatic N) is 2. The maximum Gasteiger partial charge on any atom is 0.266 e. The molecule has 5 heteroatoms. The van der Waals surface area contributed by atoms with Crippen molar-refractivity contribution in [3.63, 3.8) is 0 Å². The number of hydrogen-bond acceptors (Lipinski definition) is 4. The monoisotopic (exact) mass is 305 g/mol. The lowest BCUT2D eigenvalue weighted by atomic mass is 10.2. The summed E-state index contributed by atoms with van der Waals surface area (Å²) in [5, 5.41) is 0.878. The molecule has 114 valence electrons. The molecule has 4 nitrogen and oxygen atoms in total. The highest BCUT2D eigenvalue weighted by Gasteiger charge is 2.23. The highest BCUT2D eigenvalue weighted by Crippen LogP contribution is 2.33.